The van der Waals surface area contributed by atoms with Crippen molar-refractivity contribution < 1.29 is 14.3 Å². The van der Waals surface area contributed by atoms with E-state index < -0.39 is 0 Å². The molecular weight excluding hydrogens is 292 g/mol. The number of nitrogens with zero attached hydrogens (tertiary/aromatic N) is 1. The second-order valence-corrected chi connectivity index (χ2v) is 5.18. The monoisotopic (exact) mass is 314 g/mol. The van der Waals surface area contributed by atoms with E-state index in [-0.39, 0.29) is 5.91 Å². The van der Waals surface area contributed by atoms with Crippen LogP contribution in [-0.2, 0) is 16.1 Å². The smallest absolute Gasteiger partial charge is 0.225 e. The van der Waals surface area contributed by atoms with Crippen LogP contribution >= 0.6 is 11.6 Å². The van der Waals surface area contributed by atoms with Crippen LogP contribution < -0.4 is 10.1 Å². The van der Waals surface area contributed by atoms with Crippen LogP contribution in [0.3, 0.4) is 0 Å². The molecule has 0 unspecified atom stereocenters. The highest BCUT2D eigenvalue weighted by Gasteiger charge is 2.09. The predicted molar refractivity (Wildman–Crippen MR) is 83.8 cm³/mol. The molecule has 1 amide bonds. The van der Waals surface area contributed by atoms with Crippen LogP contribution in [0.15, 0.2) is 18.2 Å². The number of halogens is 1. The number of ether oxygens (including phenoxy) is 2. The van der Waals surface area contributed by atoms with Crippen molar-refractivity contribution in [3.63, 3.8) is 0 Å². The minimum absolute atomic E-state index is 0.0387. The molecular formula is C15H23ClN2O3. The Balaban J connectivity index is 2.56. The second kappa shape index (κ2) is 9.60. The Morgan fingerprint density at radius 2 is 2.10 bits per heavy atom. The number of methoxy groups -OCH3 is 1. The summed E-state index contributed by atoms with van der Waals surface area (Å²) in [7, 11) is 5.12. The van der Waals surface area contributed by atoms with Gasteiger partial charge in [0.15, 0.2) is 0 Å². The molecule has 0 spiro atoms. The van der Waals surface area contributed by atoms with E-state index in [4.69, 9.17) is 21.1 Å². The van der Waals surface area contributed by atoms with Crippen molar-refractivity contribution >= 4 is 17.5 Å². The fourth-order valence-corrected chi connectivity index (χ4v) is 1.94. The summed E-state index contributed by atoms with van der Waals surface area (Å²) in [5, 5.41) is 3.89. The number of carbonyl (C=O) groups excluding carboxylic acids is 1. The van der Waals surface area contributed by atoms with E-state index in [2.05, 4.69) is 5.32 Å². The summed E-state index contributed by atoms with van der Waals surface area (Å²) in [4.78, 5) is 13.1. The minimum Gasteiger partial charge on any atom is -0.493 e. The van der Waals surface area contributed by atoms with Crippen molar-refractivity contribution in [2.45, 2.75) is 13.0 Å². The summed E-state index contributed by atoms with van der Waals surface area (Å²) in [6.45, 7) is 2.31. The topological polar surface area (TPSA) is 50.8 Å². The fourth-order valence-electron chi connectivity index (χ4n) is 1.71. The molecule has 21 heavy (non-hydrogen) atoms. The summed E-state index contributed by atoms with van der Waals surface area (Å²) in [6, 6.07) is 5.52. The standard InChI is InChI=1S/C15H23ClN2O3/c1-18(2)15(19)7-9-21-14-6-4-5-13(16)12(14)11-17-8-10-20-3/h4-6,17H,7-11H2,1-3H3. The molecule has 0 aliphatic rings. The van der Waals surface area contributed by atoms with Crippen LogP contribution in [0.4, 0.5) is 0 Å². The predicted octanol–water partition coefficient (Wildman–Crippen LogP) is 1.93. The maximum atomic E-state index is 11.5. The molecule has 0 aliphatic heterocycles. The van der Waals surface area contributed by atoms with Gasteiger partial charge in [0, 0.05) is 44.9 Å². The normalized spacial score (nSPS) is 10.5. The number of rotatable bonds is 9. The van der Waals surface area contributed by atoms with Gasteiger partial charge in [-0.05, 0) is 12.1 Å². The average molecular weight is 315 g/mol. The average Bonchev–Trinajstić information content (AvgIpc) is 2.45. The lowest BCUT2D eigenvalue weighted by Crippen LogP contribution is -2.23. The third-order valence-corrected chi connectivity index (χ3v) is 3.29. The molecule has 0 aliphatic carbocycles. The number of carbonyl (C=O) groups is 1. The van der Waals surface area contributed by atoms with Gasteiger partial charge in [0.25, 0.3) is 0 Å². The molecule has 0 atom stereocenters. The van der Waals surface area contributed by atoms with E-state index in [0.717, 1.165) is 12.1 Å². The van der Waals surface area contributed by atoms with Gasteiger partial charge in [-0.1, -0.05) is 17.7 Å². The van der Waals surface area contributed by atoms with Crippen molar-refractivity contribution in [1.29, 1.82) is 0 Å². The van der Waals surface area contributed by atoms with Gasteiger partial charge < -0.3 is 19.7 Å². The minimum atomic E-state index is 0.0387. The molecule has 0 heterocycles. The highest BCUT2D eigenvalue weighted by Crippen LogP contribution is 2.26. The van der Waals surface area contributed by atoms with Crippen LogP contribution in [0.2, 0.25) is 5.02 Å². The largest absolute Gasteiger partial charge is 0.493 e. The van der Waals surface area contributed by atoms with E-state index in [1.807, 2.05) is 18.2 Å². The molecule has 1 aromatic carbocycles. The van der Waals surface area contributed by atoms with Crippen LogP contribution in [0.5, 0.6) is 5.75 Å². The van der Waals surface area contributed by atoms with Crippen molar-refractivity contribution in [2.24, 2.45) is 0 Å². The van der Waals surface area contributed by atoms with Crippen LogP contribution in [0.1, 0.15) is 12.0 Å². The van der Waals surface area contributed by atoms with Gasteiger partial charge in [-0.25, -0.2) is 0 Å². The maximum absolute atomic E-state index is 11.5. The molecule has 1 rings (SSSR count). The lowest BCUT2D eigenvalue weighted by atomic mass is 10.2. The van der Waals surface area contributed by atoms with Gasteiger partial charge in [-0.3, -0.25) is 4.79 Å². The third-order valence-electron chi connectivity index (χ3n) is 2.93. The van der Waals surface area contributed by atoms with Crippen molar-refractivity contribution in [3.8, 4) is 5.75 Å². The first-order valence-electron chi connectivity index (χ1n) is 6.86. The highest BCUT2D eigenvalue weighted by molar-refractivity contribution is 6.31. The molecule has 0 saturated carbocycles. The zero-order valence-corrected chi connectivity index (χ0v) is 13.6. The number of hydrogen-bond acceptors (Lipinski definition) is 4. The maximum Gasteiger partial charge on any atom is 0.225 e. The lowest BCUT2D eigenvalue weighted by Gasteiger charge is -2.15. The van der Waals surface area contributed by atoms with E-state index >= 15 is 0 Å². The second-order valence-electron chi connectivity index (χ2n) is 4.77. The van der Waals surface area contributed by atoms with E-state index in [1.165, 1.54) is 0 Å². The van der Waals surface area contributed by atoms with Gasteiger partial charge in [-0.15, -0.1) is 0 Å². The van der Waals surface area contributed by atoms with Crippen LogP contribution in [-0.4, -0.2) is 51.8 Å². The number of benzene rings is 1. The third kappa shape index (κ3) is 6.33. The van der Waals surface area contributed by atoms with Crippen molar-refractivity contribution in [2.75, 3.05) is 41.0 Å². The molecule has 5 nitrogen and oxygen atoms in total. The summed E-state index contributed by atoms with van der Waals surface area (Å²) < 4.78 is 10.7. The quantitative estimate of drug-likeness (QED) is 0.708. The first-order chi connectivity index (χ1) is 10.1. The van der Waals surface area contributed by atoms with Crippen molar-refractivity contribution in [1.82, 2.24) is 10.2 Å². The zero-order chi connectivity index (χ0) is 15.7. The summed E-state index contributed by atoms with van der Waals surface area (Å²) in [5.41, 5.74) is 0.896. The van der Waals surface area contributed by atoms with E-state index in [0.29, 0.717) is 37.0 Å². The number of hydrogen-bond donors (Lipinski definition) is 1. The summed E-state index contributed by atoms with van der Waals surface area (Å²) in [5.74, 6) is 0.746. The zero-order valence-electron chi connectivity index (χ0n) is 12.8. The highest BCUT2D eigenvalue weighted by atomic mass is 35.5. The fraction of sp³-hybridized carbons (Fsp3) is 0.533. The van der Waals surface area contributed by atoms with Crippen LogP contribution in [0, 0.1) is 0 Å². The number of nitrogens with one attached hydrogen (secondary N) is 1. The Bertz CT molecular complexity index is 453. The molecule has 0 bridgehead atoms. The van der Waals surface area contributed by atoms with Gasteiger partial charge in [-0.2, -0.15) is 0 Å². The Labute approximate surface area is 131 Å². The molecule has 0 aromatic heterocycles. The summed E-state index contributed by atoms with van der Waals surface area (Å²) >= 11 is 6.21. The Morgan fingerprint density at radius 3 is 2.76 bits per heavy atom. The SMILES string of the molecule is COCCNCc1c(Cl)cccc1OCCC(=O)N(C)C. The Morgan fingerprint density at radius 1 is 1.33 bits per heavy atom. The molecule has 6 heteroatoms. The van der Waals surface area contributed by atoms with E-state index in [1.54, 1.807) is 26.1 Å². The van der Waals surface area contributed by atoms with Gasteiger partial charge in [0.05, 0.1) is 19.6 Å². The van der Waals surface area contributed by atoms with Gasteiger partial charge >= 0.3 is 0 Å². The van der Waals surface area contributed by atoms with Gasteiger partial charge in [0.1, 0.15) is 5.75 Å². The Hall–Kier alpha value is -1.30. The first-order valence-corrected chi connectivity index (χ1v) is 7.24. The molecule has 0 saturated heterocycles. The molecule has 0 fully saturated rings. The lowest BCUT2D eigenvalue weighted by molar-refractivity contribution is -0.129. The van der Waals surface area contributed by atoms with Crippen molar-refractivity contribution in [3.05, 3.63) is 28.8 Å². The van der Waals surface area contributed by atoms with Gasteiger partial charge in [0.2, 0.25) is 5.91 Å². The molecule has 1 aromatic rings. The summed E-state index contributed by atoms with van der Waals surface area (Å²) in [6.07, 6.45) is 0.343. The Kier molecular flexibility index (Phi) is 8.12. The molecule has 118 valence electrons. The first kappa shape index (κ1) is 17.8. The van der Waals surface area contributed by atoms with E-state index in [9.17, 15) is 4.79 Å². The number of amides is 1. The van der Waals surface area contributed by atoms with Crippen LogP contribution in [0.25, 0.3) is 0 Å². The molecule has 0 radical (unpaired) electrons. The molecule has 1 N–H and O–H groups in total.